The molecule has 0 aliphatic carbocycles. The molecule has 0 aliphatic heterocycles. The van der Waals surface area contributed by atoms with Crippen molar-refractivity contribution in [2.24, 2.45) is 0 Å². The Labute approximate surface area is 138 Å². The molecule has 3 aromatic rings. The summed E-state index contributed by atoms with van der Waals surface area (Å²) < 4.78 is 6.37. The van der Waals surface area contributed by atoms with Gasteiger partial charge in [0, 0.05) is 11.6 Å². The van der Waals surface area contributed by atoms with Gasteiger partial charge in [-0.3, -0.25) is 9.59 Å². The molecule has 0 spiro atoms. The van der Waals surface area contributed by atoms with E-state index in [1.165, 1.54) is 10.7 Å². The topological polar surface area (TPSA) is 77.1 Å². The van der Waals surface area contributed by atoms with Gasteiger partial charge in [0.05, 0.1) is 18.5 Å². The number of nitrogens with one attached hydrogen (secondary N) is 1. The molecule has 0 aliphatic rings. The molecule has 24 heavy (non-hydrogen) atoms. The van der Waals surface area contributed by atoms with Crippen molar-refractivity contribution < 1.29 is 9.21 Å². The van der Waals surface area contributed by atoms with E-state index in [0.29, 0.717) is 11.5 Å². The molecule has 0 radical (unpaired) electrons. The lowest BCUT2D eigenvalue weighted by atomic mass is 10.1. The monoisotopic (exact) mass is 323 g/mol. The molecule has 0 fully saturated rings. The zero-order chi connectivity index (χ0) is 16.9. The molecule has 1 unspecified atom stereocenters. The largest absolute Gasteiger partial charge is 0.467 e. The van der Waals surface area contributed by atoms with Crippen molar-refractivity contribution in [3.05, 3.63) is 77.0 Å². The van der Waals surface area contributed by atoms with Gasteiger partial charge < -0.3 is 9.73 Å². The molecular formula is C18H17N3O3. The van der Waals surface area contributed by atoms with E-state index in [0.717, 1.165) is 5.56 Å². The van der Waals surface area contributed by atoms with E-state index in [4.69, 9.17) is 4.42 Å². The number of furan rings is 1. The lowest BCUT2D eigenvalue weighted by Crippen LogP contribution is -2.36. The zero-order valence-corrected chi connectivity index (χ0v) is 13.2. The summed E-state index contributed by atoms with van der Waals surface area (Å²) in [5.41, 5.74) is 1.20. The molecule has 1 N–H and O–H groups in total. The third kappa shape index (κ3) is 3.43. The molecule has 1 amide bonds. The summed E-state index contributed by atoms with van der Waals surface area (Å²) in [5.74, 6) is 0.347. The van der Waals surface area contributed by atoms with Crippen LogP contribution in [0.4, 0.5) is 0 Å². The van der Waals surface area contributed by atoms with Gasteiger partial charge in [0.25, 0.3) is 5.56 Å². The normalized spacial score (nSPS) is 11.9. The van der Waals surface area contributed by atoms with E-state index in [1.54, 1.807) is 31.4 Å². The summed E-state index contributed by atoms with van der Waals surface area (Å²) in [6.07, 6.45) is 1.54. The number of aromatic nitrogens is 2. The van der Waals surface area contributed by atoms with Gasteiger partial charge >= 0.3 is 0 Å². The highest BCUT2D eigenvalue weighted by Crippen LogP contribution is 2.15. The maximum atomic E-state index is 12.3. The highest BCUT2D eigenvalue weighted by atomic mass is 16.3. The maximum absolute atomic E-state index is 12.3. The van der Waals surface area contributed by atoms with Gasteiger partial charge in [-0.2, -0.15) is 5.10 Å². The van der Waals surface area contributed by atoms with Crippen molar-refractivity contribution in [1.82, 2.24) is 15.1 Å². The summed E-state index contributed by atoms with van der Waals surface area (Å²) in [5, 5.41) is 7.07. The summed E-state index contributed by atoms with van der Waals surface area (Å²) >= 11 is 0. The van der Waals surface area contributed by atoms with Crippen molar-refractivity contribution in [2.75, 3.05) is 0 Å². The standard InChI is InChI=1S/C18H17N3O3/c1-13(18(23)19-12-15-8-5-11-24-15)21-17(22)10-9-16(20-21)14-6-3-2-4-7-14/h2-11,13H,12H2,1H3,(H,19,23). The lowest BCUT2D eigenvalue weighted by molar-refractivity contribution is -0.124. The fourth-order valence-electron chi connectivity index (χ4n) is 2.31. The predicted octanol–water partition coefficient (Wildman–Crippen LogP) is 2.38. The van der Waals surface area contributed by atoms with E-state index in [1.807, 2.05) is 30.3 Å². The van der Waals surface area contributed by atoms with Gasteiger partial charge in [-0.25, -0.2) is 4.68 Å². The van der Waals surface area contributed by atoms with E-state index < -0.39 is 6.04 Å². The average molecular weight is 323 g/mol. The van der Waals surface area contributed by atoms with E-state index >= 15 is 0 Å². The summed E-state index contributed by atoms with van der Waals surface area (Å²) in [4.78, 5) is 24.4. The molecule has 1 atom stereocenters. The van der Waals surface area contributed by atoms with Crippen molar-refractivity contribution in [2.45, 2.75) is 19.5 Å². The Morgan fingerprint density at radius 1 is 1.17 bits per heavy atom. The zero-order valence-electron chi connectivity index (χ0n) is 13.2. The molecule has 0 saturated carbocycles. The van der Waals surface area contributed by atoms with Gasteiger partial charge in [-0.05, 0) is 25.1 Å². The van der Waals surface area contributed by atoms with Crippen LogP contribution in [0, 0.1) is 0 Å². The highest BCUT2D eigenvalue weighted by Gasteiger charge is 2.18. The molecule has 6 nitrogen and oxygen atoms in total. The predicted molar refractivity (Wildman–Crippen MR) is 89.2 cm³/mol. The smallest absolute Gasteiger partial charge is 0.267 e. The Bertz CT molecular complexity index is 870. The number of hydrogen-bond donors (Lipinski definition) is 1. The summed E-state index contributed by atoms with van der Waals surface area (Å²) in [6.45, 7) is 1.91. The van der Waals surface area contributed by atoms with Gasteiger partial charge in [0.15, 0.2) is 0 Å². The molecule has 0 bridgehead atoms. The number of hydrogen-bond acceptors (Lipinski definition) is 4. The highest BCUT2D eigenvalue weighted by molar-refractivity contribution is 5.79. The molecule has 6 heteroatoms. The Hall–Kier alpha value is -3.15. The molecule has 122 valence electrons. The fraction of sp³-hybridized carbons (Fsp3) is 0.167. The Morgan fingerprint density at radius 2 is 1.96 bits per heavy atom. The Morgan fingerprint density at radius 3 is 2.67 bits per heavy atom. The maximum Gasteiger partial charge on any atom is 0.267 e. The molecule has 0 saturated heterocycles. The summed E-state index contributed by atoms with van der Waals surface area (Å²) in [7, 11) is 0. The van der Waals surface area contributed by atoms with Crippen LogP contribution in [0.25, 0.3) is 11.3 Å². The number of carbonyl (C=O) groups excluding carboxylic acids is 1. The van der Waals surface area contributed by atoms with Crippen LogP contribution in [0.5, 0.6) is 0 Å². The minimum Gasteiger partial charge on any atom is -0.467 e. The molecular weight excluding hydrogens is 306 g/mol. The first-order valence-electron chi connectivity index (χ1n) is 7.60. The molecule has 1 aromatic carbocycles. The number of rotatable bonds is 5. The van der Waals surface area contributed by atoms with Crippen LogP contribution in [0.1, 0.15) is 18.7 Å². The fourth-order valence-corrected chi connectivity index (χ4v) is 2.31. The lowest BCUT2D eigenvalue weighted by Gasteiger charge is -2.14. The van der Waals surface area contributed by atoms with Crippen LogP contribution >= 0.6 is 0 Å². The van der Waals surface area contributed by atoms with Gasteiger partial charge in [0.1, 0.15) is 11.8 Å². The molecule has 3 rings (SSSR count). The van der Waals surface area contributed by atoms with E-state index in [9.17, 15) is 9.59 Å². The first-order chi connectivity index (χ1) is 11.6. The second kappa shape index (κ2) is 6.95. The van der Waals surface area contributed by atoms with Gasteiger partial charge in [-0.1, -0.05) is 30.3 Å². The average Bonchev–Trinajstić information content (AvgIpc) is 3.14. The van der Waals surface area contributed by atoms with Crippen LogP contribution in [-0.4, -0.2) is 15.7 Å². The number of benzene rings is 1. The number of nitrogens with zero attached hydrogens (tertiary/aromatic N) is 2. The first-order valence-corrected chi connectivity index (χ1v) is 7.60. The third-order valence-electron chi connectivity index (χ3n) is 3.66. The van der Waals surface area contributed by atoms with Crippen LogP contribution in [0.2, 0.25) is 0 Å². The summed E-state index contributed by atoms with van der Waals surface area (Å²) in [6, 6.07) is 15.4. The van der Waals surface area contributed by atoms with Crippen molar-refractivity contribution >= 4 is 5.91 Å². The molecule has 2 heterocycles. The van der Waals surface area contributed by atoms with Crippen molar-refractivity contribution in [3.8, 4) is 11.3 Å². The van der Waals surface area contributed by atoms with Crippen LogP contribution in [0.15, 0.2) is 70.1 Å². The number of amides is 1. The second-order valence-corrected chi connectivity index (χ2v) is 5.34. The second-order valence-electron chi connectivity index (χ2n) is 5.34. The quantitative estimate of drug-likeness (QED) is 0.782. The third-order valence-corrected chi connectivity index (χ3v) is 3.66. The first kappa shape index (κ1) is 15.7. The van der Waals surface area contributed by atoms with E-state index in [-0.39, 0.29) is 18.0 Å². The van der Waals surface area contributed by atoms with Crippen molar-refractivity contribution in [3.63, 3.8) is 0 Å². The van der Waals surface area contributed by atoms with Crippen molar-refractivity contribution in [1.29, 1.82) is 0 Å². The van der Waals surface area contributed by atoms with Crippen LogP contribution in [0.3, 0.4) is 0 Å². The minimum atomic E-state index is -0.726. The Kier molecular flexibility index (Phi) is 4.56. The SMILES string of the molecule is CC(C(=O)NCc1ccco1)n1nc(-c2ccccc2)ccc1=O. The van der Waals surface area contributed by atoms with Crippen LogP contribution < -0.4 is 10.9 Å². The Balaban J connectivity index is 1.80. The van der Waals surface area contributed by atoms with Gasteiger partial charge in [-0.15, -0.1) is 0 Å². The van der Waals surface area contributed by atoms with Crippen LogP contribution in [-0.2, 0) is 11.3 Å². The molecule has 2 aromatic heterocycles. The number of carbonyl (C=O) groups is 1. The minimum absolute atomic E-state index is 0.267. The van der Waals surface area contributed by atoms with E-state index in [2.05, 4.69) is 10.4 Å². The van der Waals surface area contributed by atoms with Gasteiger partial charge in [0.2, 0.25) is 5.91 Å².